The first-order valence-electron chi connectivity index (χ1n) is 5.30. The molecule has 0 aliphatic carbocycles. The lowest BCUT2D eigenvalue weighted by Gasteiger charge is -1.77. The standard InChI is InChI=1S/C14H20Si/c1-3-5-7-9-11-13-15-14-12-10-8-6-4-2/h3-14H,15H2,1-2H3/b5-3+,6-4+,9-7+,10-8+,13-11+,14-12+. The quantitative estimate of drug-likeness (QED) is 0.471. The van der Waals surface area contributed by atoms with Gasteiger partial charge < -0.3 is 0 Å². The summed E-state index contributed by atoms with van der Waals surface area (Å²) in [6, 6.07) is 0. The van der Waals surface area contributed by atoms with E-state index in [9.17, 15) is 0 Å². The first-order valence-corrected chi connectivity index (χ1v) is 6.94. The molecule has 0 atom stereocenters. The summed E-state index contributed by atoms with van der Waals surface area (Å²) >= 11 is 0. The van der Waals surface area contributed by atoms with E-state index in [-0.39, 0.29) is 9.52 Å². The molecular formula is C14H20Si. The van der Waals surface area contributed by atoms with E-state index in [0.717, 1.165) is 0 Å². The predicted octanol–water partition coefficient (Wildman–Crippen LogP) is 3.45. The van der Waals surface area contributed by atoms with E-state index >= 15 is 0 Å². The van der Waals surface area contributed by atoms with Gasteiger partial charge in [0, 0.05) is 0 Å². The average Bonchev–Trinajstić information content (AvgIpc) is 2.26. The highest BCUT2D eigenvalue weighted by atomic mass is 28.2. The number of hydrogen-bond donors (Lipinski definition) is 0. The minimum Gasteiger partial charge on any atom is -0.0969 e. The van der Waals surface area contributed by atoms with E-state index in [1.807, 2.05) is 50.3 Å². The summed E-state index contributed by atoms with van der Waals surface area (Å²) in [7, 11) is -0.169. The second kappa shape index (κ2) is 12.7. The molecule has 0 N–H and O–H groups in total. The number of hydrogen-bond acceptors (Lipinski definition) is 0. The van der Waals surface area contributed by atoms with Crippen LogP contribution in [0.15, 0.2) is 72.2 Å². The number of rotatable bonds is 6. The first-order chi connectivity index (χ1) is 7.41. The van der Waals surface area contributed by atoms with Crippen molar-refractivity contribution in [3.63, 3.8) is 0 Å². The molecule has 0 aromatic rings. The van der Waals surface area contributed by atoms with Crippen molar-refractivity contribution in [2.45, 2.75) is 13.8 Å². The largest absolute Gasteiger partial charge is 0.0969 e. The summed E-state index contributed by atoms with van der Waals surface area (Å²) in [4.78, 5) is 0. The Hall–Kier alpha value is -1.34. The summed E-state index contributed by atoms with van der Waals surface area (Å²) in [5, 5.41) is 0. The van der Waals surface area contributed by atoms with Gasteiger partial charge in [0.25, 0.3) is 0 Å². The molecule has 15 heavy (non-hydrogen) atoms. The maximum atomic E-state index is 2.26. The highest BCUT2D eigenvalue weighted by molar-refractivity contribution is 6.48. The van der Waals surface area contributed by atoms with Gasteiger partial charge in [-0.05, 0) is 13.8 Å². The van der Waals surface area contributed by atoms with Gasteiger partial charge in [-0.3, -0.25) is 0 Å². The first kappa shape index (κ1) is 13.7. The second-order valence-electron chi connectivity index (χ2n) is 2.91. The fourth-order valence-electron chi connectivity index (χ4n) is 0.872. The summed E-state index contributed by atoms with van der Waals surface area (Å²) < 4.78 is 0. The third kappa shape index (κ3) is 12.7. The third-order valence-electron chi connectivity index (χ3n) is 1.60. The van der Waals surface area contributed by atoms with E-state index in [4.69, 9.17) is 0 Å². The molecule has 0 amide bonds. The van der Waals surface area contributed by atoms with Crippen molar-refractivity contribution in [1.29, 1.82) is 0 Å². The van der Waals surface area contributed by atoms with E-state index in [1.54, 1.807) is 0 Å². The fourth-order valence-corrected chi connectivity index (χ4v) is 1.66. The highest BCUT2D eigenvalue weighted by Gasteiger charge is 1.69. The Morgan fingerprint density at radius 1 is 0.533 bits per heavy atom. The molecule has 0 unspecified atom stereocenters. The molecule has 0 aliphatic heterocycles. The van der Waals surface area contributed by atoms with Crippen LogP contribution in [0.3, 0.4) is 0 Å². The van der Waals surface area contributed by atoms with Gasteiger partial charge in [-0.1, -0.05) is 72.2 Å². The minimum atomic E-state index is -0.169. The van der Waals surface area contributed by atoms with Crippen molar-refractivity contribution in [3.8, 4) is 0 Å². The Kier molecular flexibility index (Phi) is 11.5. The Morgan fingerprint density at radius 3 is 1.33 bits per heavy atom. The van der Waals surface area contributed by atoms with Gasteiger partial charge in [-0.25, -0.2) is 0 Å². The third-order valence-corrected chi connectivity index (χ3v) is 2.68. The van der Waals surface area contributed by atoms with Gasteiger partial charge in [-0.15, -0.1) is 0 Å². The van der Waals surface area contributed by atoms with Crippen LogP contribution in [0, 0.1) is 0 Å². The van der Waals surface area contributed by atoms with Crippen molar-refractivity contribution >= 4 is 9.52 Å². The maximum Gasteiger partial charge on any atom is 0.0691 e. The Labute approximate surface area is 95.9 Å². The Bertz CT molecular complexity index is 258. The van der Waals surface area contributed by atoms with E-state index < -0.39 is 0 Å². The summed E-state index contributed by atoms with van der Waals surface area (Å²) in [6.45, 7) is 4.03. The average molecular weight is 216 g/mol. The smallest absolute Gasteiger partial charge is 0.0691 e. The van der Waals surface area contributed by atoms with Crippen LogP contribution in [0.5, 0.6) is 0 Å². The van der Waals surface area contributed by atoms with Crippen LogP contribution in [0.4, 0.5) is 0 Å². The lowest BCUT2D eigenvalue weighted by molar-refractivity contribution is 1.73. The minimum absolute atomic E-state index is 0.169. The zero-order valence-corrected chi connectivity index (χ0v) is 11.0. The normalized spacial score (nSPS) is 14.0. The molecule has 0 radical (unpaired) electrons. The van der Waals surface area contributed by atoms with Crippen LogP contribution in [0.25, 0.3) is 0 Å². The van der Waals surface area contributed by atoms with E-state index in [2.05, 4.69) is 35.7 Å². The van der Waals surface area contributed by atoms with Crippen molar-refractivity contribution < 1.29 is 0 Å². The van der Waals surface area contributed by atoms with Crippen LogP contribution < -0.4 is 0 Å². The molecule has 80 valence electrons. The van der Waals surface area contributed by atoms with Gasteiger partial charge in [0.15, 0.2) is 0 Å². The van der Waals surface area contributed by atoms with Crippen LogP contribution >= 0.6 is 0 Å². The predicted molar refractivity (Wildman–Crippen MR) is 74.7 cm³/mol. The Morgan fingerprint density at radius 2 is 0.933 bits per heavy atom. The molecule has 0 heterocycles. The van der Waals surface area contributed by atoms with Gasteiger partial charge in [0.2, 0.25) is 0 Å². The second-order valence-corrected chi connectivity index (χ2v) is 4.33. The molecule has 0 saturated carbocycles. The highest BCUT2D eigenvalue weighted by Crippen LogP contribution is 1.82. The van der Waals surface area contributed by atoms with Crippen molar-refractivity contribution in [1.82, 2.24) is 0 Å². The molecule has 0 bridgehead atoms. The molecule has 0 rings (SSSR count). The van der Waals surface area contributed by atoms with Crippen LogP contribution in [-0.4, -0.2) is 9.52 Å². The summed E-state index contributed by atoms with van der Waals surface area (Å²) in [6.07, 6.45) is 20.6. The molecule has 1 heteroatoms. The van der Waals surface area contributed by atoms with Crippen LogP contribution in [0.2, 0.25) is 0 Å². The molecule has 0 saturated heterocycles. The molecule has 0 spiro atoms. The van der Waals surface area contributed by atoms with Crippen LogP contribution in [-0.2, 0) is 0 Å². The number of allylic oxidation sites excluding steroid dienone is 10. The van der Waals surface area contributed by atoms with Gasteiger partial charge in [0.1, 0.15) is 0 Å². The van der Waals surface area contributed by atoms with Crippen LogP contribution in [0.1, 0.15) is 13.8 Å². The van der Waals surface area contributed by atoms with Gasteiger partial charge >= 0.3 is 0 Å². The topological polar surface area (TPSA) is 0 Å². The molecule has 0 nitrogen and oxygen atoms in total. The molecule has 0 fully saturated rings. The lowest BCUT2D eigenvalue weighted by Crippen LogP contribution is -1.73. The molecule has 0 aliphatic rings. The SMILES string of the molecule is C/C=C/C=C/C=C/[SiH2]/C=C/C=C/C=C/C. The zero-order valence-electron chi connectivity index (χ0n) is 9.64. The van der Waals surface area contributed by atoms with E-state index in [1.165, 1.54) is 0 Å². The summed E-state index contributed by atoms with van der Waals surface area (Å²) in [5.41, 5.74) is 4.53. The van der Waals surface area contributed by atoms with E-state index in [0.29, 0.717) is 0 Å². The molecule has 0 aromatic heterocycles. The Balaban J connectivity index is 3.60. The monoisotopic (exact) mass is 216 g/mol. The fraction of sp³-hybridized carbons (Fsp3) is 0.143. The molecular weight excluding hydrogens is 196 g/mol. The zero-order chi connectivity index (χ0) is 11.2. The maximum absolute atomic E-state index is 2.26. The molecule has 0 aromatic carbocycles. The summed E-state index contributed by atoms with van der Waals surface area (Å²) in [5.74, 6) is 0. The van der Waals surface area contributed by atoms with Crippen molar-refractivity contribution in [3.05, 3.63) is 72.2 Å². The van der Waals surface area contributed by atoms with Gasteiger partial charge in [0.05, 0.1) is 9.52 Å². The van der Waals surface area contributed by atoms with Crippen molar-refractivity contribution in [2.24, 2.45) is 0 Å². The van der Waals surface area contributed by atoms with Crippen molar-refractivity contribution in [2.75, 3.05) is 0 Å². The lowest BCUT2D eigenvalue weighted by atomic mass is 10.4. The van der Waals surface area contributed by atoms with Gasteiger partial charge in [-0.2, -0.15) is 0 Å².